The molecule has 0 aliphatic carbocycles. The molecule has 0 bridgehead atoms. The number of halogens is 4. The van der Waals surface area contributed by atoms with E-state index < -0.39 is 22.7 Å². The van der Waals surface area contributed by atoms with Crippen molar-refractivity contribution >= 4 is 17.5 Å². The summed E-state index contributed by atoms with van der Waals surface area (Å²) < 4.78 is 40.9. The average molecular weight is 437 g/mol. The van der Waals surface area contributed by atoms with E-state index in [2.05, 4.69) is 20.3 Å². The highest BCUT2D eigenvalue weighted by Gasteiger charge is 2.36. The Morgan fingerprint density at radius 3 is 2.53 bits per heavy atom. The van der Waals surface area contributed by atoms with Crippen LogP contribution in [0.4, 0.5) is 13.2 Å². The fraction of sp³-hybridized carbons (Fsp3) is 0.316. The lowest BCUT2D eigenvalue weighted by molar-refractivity contribution is -0.137. The first-order valence-corrected chi connectivity index (χ1v) is 9.44. The van der Waals surface area contributed by atoms with Crippen LogP contribution in [0.1, 0.15) is 38.7 Å². The first-order valence-electron chi connectivity index (χ1n) is 9.06. The van der Waals surface area contributed by atoms with Gasteiger partial charge in [-0.05, 0) is 32.0 Å². The zero-order valence-electron chi connectivity index (χ0n) is 16.0. The Kier molecular flexibility index (Phi) is 4.97. The Hall–Kier alpha value is -3.01. The van der Waals surface area contributed by atoms with Gasteiger partial charge in [0.05, 0.1) is 28.4 Å². The van der Waals surface area contributed by atoms with E-state index in [0.717, 1.165) is 23.1 Å². The summed E-state index contributed by atoms with van der Waals surface area (Å²) in [4.78, 5) is 23.0. The van der Waals surface area contributed by atoms with Crippen molar-refractivity contribution in [1.82, 2.24) is 29.9 Å². The van der Waals surface area contributed by atoms with Crippen molar-refractivity contribution < 1.29 is 18.0 Å². The summed E-state index contributed by atoms with van der Waals surface area (Å²) in [6.45, 7) is 4.07. The average Bonchev–Trinajstić information content (AvgIpc) is 3.09. The van der Waals surface area contributed by atoms with Crippen molar-refractivity contribution in [3.63, 3.8) is 0 Å². The molecule has 1 aromatic carbocycles. The molecule has 3 aromatic rings. The lowest BCUT2D eigenvalue weighted by Gasteiger charge is -2.27. The summed E-state index contributed by atoms with van der Waals surface area (Å²) in [6.07, 6.45) is -4.24. The number of carbonyl (C=O) groups is 1. The van der Waals surface area contributed by atoms with Crippen LogP contribution >= 0.6 is 11.6 Å². The maximum absolute atomic E-state index is 13.1. The number of amides is 1. The minimum atomic E-state index is -4.64. The van der Waals surface area contributed by atoms with E-state index >= 15 is 0 Å². The lowest BCUT2D eigenvalue weighted by Crippen LogP contribution is -2.37. The fourth-order valence-electron chi connectivity index (χ4n) is 3.43. The molecular weight excluding hydrogens is 421 g/mol. The van der Waals surface area contributed by atoms with E-state index in [1.807, 2.05) is 19.9 Å². The Morgan fingerprint density at radius 2 is 1.87 bits per heavy atom. The molecule has 30 heavy (non-hydrogen) atoms. The molecule has 11 heteroatoms. The van der Waals surface area contributed by atoms with Crippen LogP contribution in [0, 0.1) is 13.8 Å². The minimum absolute atomic E-state index is 0.103. The van der Waals surface area contributed by atoms with Crippen molar-refractivity contribution in [3.8, 4) is 5.95 Å². The minimum Gasteiger partial charge on any atom is -0.332 e. The molecule has 1 aliphatic rings. The number of nitrogens with zero attached hydrogens (tertiary/aromatic N) is 6. The zero-order valence-corrected chi connectivity index (χ0v) is 16.8. The summed E-state index contributed by atoms with van der Waals surface area (Å²) in [5, 5.41) is 7.63. The van der Waals surface area contributed by atoms with Crippen molar-refractivity contribution in [3.05, 3.63) is 63.2 Å². The maximum Gasteiger partial charge on any atom is 0.417 e. The van der Waals surface area contributed by atoms with Gasteiger partial charge in [0.1, 0.15) is 5.69 Å². The van der Waals surface area contributed by atoms with Crippen molar-refractivity contribution in [2.24, 2.45) is 0 Å². The zero-order chi connectivity index (χ0) is 21.6. The number of hydrogen-bond donors (Lipinski definition) is 0. The van der Waals surface area contributed by atoms with Crippen LogP contribution in [-0.4, -0.2) is 42.3 Å². The number of carbonyl (C=O) groups excluding carboxylic acids is 1. The highest BCUT2D eigenvalue weighted by molar-refractivity contribution is 6.34. The SMILES string of the molecule is Cc1cc(C)nc(-n2nnc3c2CCN(C(=O)c2cccc(C(F)(F)F)c2Cl)C3)n1. The molecule has 7 nitrogen and oxygen atoms in total. The third kappa shape index (κ3) is 3.62. The van der Waals surface area contributed by atoms with Crippen LogP contribution in [0.25, 0.3) is 5.95 Å². The summed E-state index contributed by atoms with van der Waals surface area (Å²) in [6, 6.07) is 5.15. The predicted octanol–water partition coefficient (Wildman–Crippen LogP) is 3.54. The van der Waals surface area contributed by atoms with Crippen molar-refractivity contribution in [2.45, 2.75) is 33.0 Å². The van der Waals surface area contributed by atoms with Crippen LogP contribution in [0.3, 0.4) is 0 Å². The summed E-state index contributed by atoms with van der Waals surface area (Å²) >= 11 is 5.91. The molecule has 0 fully saturated rings. The van der Waals surface area contributed by atoms with E-state index in [9.17, 15) is 18.0 Å². The second-order valence-electron chi connectivity index (χ2n) is 6.99. The monoisotopic (exact) mass is 436 g/mol. The standard InChI is InChI=1S/C19H16ClF3N6O/c1-10-8-11(2)25-18(24-10)29-15-6-7-28(9-14(15)26-27-29)17(30)12-4-3-5-13(16(12)20)19(21,22)23/h3-5,8H,6-7,9H2,1-2H3. The number of fused-ring (bicyclic) bond motifs is 1. The first-order chi connectivity index (χ1) is 14.1. The third-order valence-electron chi connectivity index (χ3n) is 4.78. The van der Waals surface area contributed by atoms with Crippen molar-refractivity contribution in [2.75, 3.05) is 6.54 Å². The van der Waals surface area contributed by atoms with Gasteiger partial charge in [0.25, 0.3) is 11.9 Å². The summed E-state index contributed by atoms with van der Waals surface area (Å²) in [7, 11) is 0. The molecule has 0 saturated carbocycles. The second kappa shape index (κ2) is 7.35. The van der Waals surface area contributed by atoms with E-state index in [0.29, 0.717) is 18.1 Å². The fourth-order valence-corrected chi connectivity index (χ4v) is 3.74. The van der Waals surface area contributed by atoms with Gasteiger partial charge < -0.3 is 4.90 Å². The molecule has 0 saturated heterocycles. The predicted molar refractivity (Wildman–Crippen MR) is 101 cm³/mol. The molecule has 1 aliphatic heterocycles. The third-order valence-corrected chi connectivity index (χ3v) is 5.19. The molecule has 0 N–H and O–H groups in total. The molecular formula is C19H16ClF3N6O. The molecule has 2 aromatic heterocycles. The van der Waals surface area contributed by atoms with Gasteiger partial charge >= 0.3 is 6.18 Å². The Bertz CT molecular complexity index is 1120. The smallest absolute Gasteiger partial charge is 0.332 e. The Labute approximate surface area is 174 Å². The highest BCUT2D eigenvalue weighted by atomic mass is 35.5. The molecule has 4 rings (SSSR count). The number of benzene rings is 1. The van der Waals surface area contributed by atoms with Crippen LogP contribution in [-0.2, 0) is 19.1 Å². The van der Waals surface area contributed by atoms with Crippen LogP contribution in [0.2, 0.25) is 5.02 Å². The van der Waals surface area contributed by atoms with Gasteiger partial charge in [-0.15, -0.1) is 5.10 Å². The quantitative estimate of drug-likeness (QED) is 0.614. The van der Waals surface area contributed by atoms with Gasteiger partial charge in [-0.1, -0.05) is 22.9 Å². The number of aromatic nitrogens is 5. The van der Waals surface area contributed by atoms with Gasteiger partial charge in [0.15, 0.2) is 0 Å². The molecule has 0 unspecified atom stereocenters. The molecule has 3 heterocycles. The normalized spacial score (nSPS) is 14.0. The second-order valence-corrected chi connectivity index (χ2v) is 7.36. The number of aryl methyl sites for hydroxylation is 2. The molecule has 0 atom stereocenters. The molecule has 1 amide bonds. The lowest BCUT2D eigenvalue weighted by atomic mass is 10.1. The number of rotatable bonds is 2. The van der Waals surface area contributed by atoms with Crippen LogP contribution in [0.15, 0.2) is 24.3 Å². The number of alkyl halides is 3. The van der Waals surface area contributed by atoms with Gasteiger partial charge in [0.2, 0.25) is 0 Å². The van der Waals surface area contributed by atoms with E-state index in [1.54, 1.807) is 0 Å². The highest BCUT2D eigenvalue weighted by Crippen LogP contribution is 2.36. The largest absolute Gasteiger partial charge is 0.417 e. The topological polar surface area (TPSA) is 76.8 Å². The summed E-state index contributed by atoms with van der Waals surface area (Å²) in [5.41, 5.74) is 1.65. The molecule has 0 radical (unpaired) electrons. The first kappa shape index (κ1) is 20.3. The van der Waals surface area contributed by atoms with Crippen LogP contribution < -0.4 is 0 Å². The van der Waals surface area contributed by atoms with Gasteiger partial charge in [-0.2, -0.15) is 17.9 Å². The van der Waals surface area contributed by atoms with Crippen LogP contribution in [0.5, 0.6) is 0 Å². The van der Waals surface area contributed by atoms with Crippen molar-refractivity contribution in [1.29, 1.82) is 0 Å². The van der Waals surface area contributed by atoms with Gasteiger partial charge in [-0.3, -0.25) is 4.79 Å². The van der Waals surface area contributed by atoms with E-state index in [-0.39, 0.29) is 18.7 Å². The Morgan fingerprint density at radius 1 is 1.17 bits per heavy atom. The molecule has 156 valence electrons. The number of hydrogen-bond acceptors (Lipinski definition) is 5. The van der Waals surface area contributed by atoms with Gasteiger partial charge in [-0.25, -0.2) is 9.97 Å². The van der Waals surface area contributed by atoms with E-state index in [1.165, 1.54) is 21.7 Å². The van der Waals surface area contributed by atoms with Gasteiger partial charge in [0, 0.05) is 24.4 Å². The molecule has 0 spiro atoms. The summed E-state index contributed by atoms with van der Waals surface area (Å²) in [5.74, 6) is -0.198. The van der Waals surface area contributed by atoms with E-state index in [4.69, 9.17) is 11.6 Å². The maximum atomic E-state index is 13.1. The Balaban J connectivity index is 1.62.